The molecule has 0 spiro atoms. The Bertz CT molecular complexity index is 643. The van der Waals surface area contributed by atoms with Crippen molar-refractivity contribution in [1.29, 1.82) is 0 Å². The number of hydrogen-bond acceptors (Lipinski definition) is 3. The van der Waals surface area contributed by atoms with Gasteiger partial charge in [0.05, 0.1) is 11.3 Å². The van der Waals surface area contributed by atoms with Crippen LogP contribution in [0.4, 0.5) is 10.1 Å². The number of rotatable bonds is 3. The zero-order chi connectivity index (χ0) is 15.6. The minimum atomic E-state index is -3.21. The number of amides is 1. The number of carbonyl (C=O) groups excluding carboxylic acids is 1. The van der Waals surface area contributed by atoms with E-state index in [9.17, 15) is 17.6 Å². The fraction of sp³-hybridized carbons (Fsp3) is 0.462. The Kier molecular flexibility index (Phi) is 4.85. The van der Waals surface area contributed by atoms with E-state index >= 15 is 0 Å². The number of carbonyl (C=O) groups is 1. The molecule has 0 aromatic heterocycles. The predicted molar refractivity (Wildman–Crippen MR) is 79.2 cm³/mol. The molecule has 1 heterocycles. The molecule has 1 amide bonds. The number of halogens is 2. The van der Waals surface area contributed by atoms with Crippen molar-refractivity contribution in [3.05, 3.63) is 29.0 Å². The molecule has 0 atom stereocenters. The van der Waals surface area contributed by atoms with Crippen LogP contribution in [0.1, 0.15) is 12.8 Å². The number of benzene rings is 1. The number of sulfonamides is 1. The largest absolute Gasteiger partial charge is 0.326 e. The van der Waals surface area contributed by atoms with Crippen molar-refractivity contribution in [3.63, 3.8) is 0 Å². The van der Waals surface area contributed by atoms with Crippen LogP contribution in [0.15, 0.2) is 18.2 Å². The molecule has 1 aromatic carbocycles. The van der Waals surface area contributed by atoms with Crippen molar-refractivity contribution >= 4 is 33.2 Å². The van der Waals surface area contributed by atoms with Crippen molar-refractivity contribution in [2.45, 2.75) is 12.8 Å². The molecule has 1 aromatic rings. The highest BCUT2D eigenvalue weighted by atomic mass is 35.5. The van der Waals surface area contributed by atoms with Gasteiger partial charge in [-0.25, -0.2) is 17.1 Å². The minimum Gasteiger partial charge on any atom is -0.326 e. The normalized spacial score (nSPS) is 17.7. The third-order valence-corrected chi connectivity index (χ3v) is 5.09. The maximum absolute atomic E-state index is 13.3. The van der Waals surface area contributed by atoms with E-state index in [1.807, 2.05) is 0 Å². The van der Waals surface area contributed by atoms with Crippen LogP contribution in [0.5, 0.6) is 0 Å². The first-order chi connectivity index (χ1) is 9.77. The highest BCUT2D eigenvalue weighted by molar-refractivity contribution is 7.88. The lowest BCUT2D eigenvalue weighted by molar-refractivity contribution is -0.120. The molecule has 1 saturated heterocycles. The van der Waals surface area contributed by atoms with Gasteiger partial charge in [0.15, 0.2) is 0 Å². The monoisotopic (exact) mass is 334 g/mol. The standard InChI is InChI=1S/C13H16ClFN2O3S/c1-21(19,20)17-6-4-9(5-7-17)13(18)16-10-2-3-11(14)12(15)8-10/h2-3,8-9H,4-7H2,1H3,(H,16,18). The second kappa shape index (κ2) is 6.29. The summed E-state index contributed by atoms with van der Waals surface area (Å²) in [7, 11) is -3.21. The lowest BCUT2D eigenvalue weighted by Gasteiger charge is -2.29. The van der Waals surface area contributed by atoms with Gasteiger partial charge < -0.3 is 5.32 Å². The quantitative estimate of drug-likeness (QED) is 0.920. The highest BCUT2D eigenvalue weighted by Crippen LogP contribution is 2.23. The minimum absolute atomic E-state index is 0.00513. The molecule has 116 valence electrons. The fourth-order valence-electron chi connectivity index (χ4n) is 2.27. The number of anilines is 1. The summed E-state index contributed by atoms with van der Waals surface area (Å²) >= 11 is 5.57. The molecule has 0 aliphatic carbocycles. The summed E-state index contributed by atoms with van der Waals surface area (Å²) in [5.41, 5.74) is 0.340. The van der Waals surface area contributed by atoms with Crippen LogP contribution in [0.2, 0.25) is 5.02 Å². The molecule has 0 bridgehead atoms. The molecular formula is C13H16ClFN2O3S. The average Bonchev–Trinajstić information content (AvgIpc) is 2.42. The van der Waals surface area contributed by atoms with E-state index in [4.69, 9.17) is 11.6 Å². The molecular weight excluding hydrogens is 319 g/mol. The highest BCUT2D eigenvalue weighted by Gasteiger charge is 2.28. The van der Waals surface area contributed by atoms with Gasteiger partial charge in [-0.05, 0) is 31.0 Å². The summed E-state index contributed by atoms with van der Waals surface area (Å²) in [4.78, 5) is 12.1. The van der Waals surface area contributed by atoms with Crippen LogP contribution in [0, 0.1) is 11.7 Å². The van der Waals surface area contributed by atoms with Gasteiger partial charge in [-0.1, -0.05) is 11.6 Å². The van der Waals surface area contributed by atoms with Gasteiger partial charge in [0.2, 0.25) is 15.9 Å². The van der Waals surface area contributed by atoms with Gasteiger partial charge in [-0.2, -0.15) is 0 Å². The number of nitrogens with one attached hydrogen (secondary N) is 1. The Hall–Kier alpha value is -1.18. The van der Waals surface area contributed by atoms with Crippen LogP contribution < -0.4 is 5.32 Å². The number of piperidine rings is 1. The van der Waals surface area contributed by atoms with Crippen molar-refractivity contribution in [2.75, 3.05) is 24.7 Å². The van der Waals surface area contributed by atoms with Gasteiger partial charge in [0.1, 0.15) is 5.82 Å². The smallest absolute Gasteiger partial charge is 0.227 e. The second-order valence-corrected chi connectivity index (χ2v) is 7.44. The van der Waals surface area contributed by atoms with Crippen LogP contribution in [0.3, 0.4) is 0 Å². The molecule has 0 radical (unpaired) electrons. The molecule has 1 aliphatic rings. The summed E-state index contributed by atoms with van der Waals surface area (Å²) in [5, 5.41) is 2.62. The van der Waals surface area contributed by atoms with Crippen LogP contribution in [0.25, 0.3) is 0 Å². The summed E-state index contributed by atoms with van der Waals surface area (Å²) in [6.45, 7) is 0.651. The first-order valence-electron chi connectivity index (χ1n) is 6.48. The Balaban J connectivity index is 1.95. The van der Waals surface area contributed by atoms with Gasteiger partial charge in [0, 0.05) is 24.7 Å². The lowest BCUT2D eigenvalue weighted by Crippen LogP contribution is -2.40. The van der Waals surface area contributed by atoms with Crippen LogP contribution >= 0.6 is 11.6 Å². The number of nitrogens with zero attached hydrogens (tertiary/aromatic N) is 1. The molecule has 2 rings (SSSR count). The summed E-state index contributed by atoms with van der Waals surface area (Å²) in [6.07, 6.45) is 2.06. The Morgan fingerprint density at radius 1 is 1.38 bits per heavy atom. The van der Waals surface area contributed by atoms with Crippen molar-refractivity contribution in [3.8, 4) is 0 Å². The topological polar surface area (TPSA) is 66.5 Å². The lowest BCUT2D eigenvalue weighted by atomic mass is 9.97. The van der Waals surface area contributed by atoms with Gasteiger partial charge in [0.25, 0.3) is 0 Å². The molecule has 5 nitrogen and oxygen atoms in total. The number of hydrogen-bond donors (Lipinski definition) is 1. The van der Waals surface area contributed by atoms with Gasteiger partial charge in [-0.15, -0.1) is 0 Å². The Morgan fingerprint density at radius 3 is 2.52 bits per heavy atom. The van der Waals surface area contributed by atoms with E-state index in [2.05, 4.69) is 5.32 Å². The van der Waals surface area contributed by atoms with E-state index in [1.54, 1.807) is 0 Å². The van der Waals surface area contributed by atoms with E-state index in [0.29, 0.717) is 31.6 Å². The summed E-state index contributed by atoms with van der Waals surface area (Å²) in [5.74, 6) is -1.10. The second-order valence-electron chi connectivity index (χ2n) is 5.05. The maximum atomic E-state index is 13.3. The van der Waals surface area contributed by atoms with Crippen LogP contribution in [-0.2, 0) is 14.8 Å². The van der Waals surface area contributed by atoms with Gasteiger partial charge >= 0.3 is 0 Å². The third kappa shape index (κ3) is 4.15. The first kappa shape index (κ1) is 16.2. The zero-order valence-corrected chi connectivity index (χ0v) is 13.0. The average molecular weight is 335 g/mol. The third-order valence-electron chi connectivity index (χ3n) is 3.48. The molecule has 1 aliphatic heterocycles. The van der Waals surface area contributed by atoms with E-state index < -0.39 is 15.8 Å². The Morgan fingerprint density at radius 2 is 2.00 bits per heavy atom. The van der Waals surface area contributed by atoms with Crippen molar-refractivity contribution in [1.82, 2.24) is 4.31 Å². The Labute approximate surface area is 128 Å². The molecule has 1 N–H and O–H groups in total. The van der Waals surface area contributed by atoms with E-state index in [1.165, 1.54) is 16.4 Å². The molecule has 21 heavy (non-hydrogen) atoms. The molecule has 8 heteroatoms. The van der Waals surface area contributed by atoms with E-state index in [0.717, 1.165) is 12.3 Å². The maximum Gasteiger partial charge on any atom is 0.227 e. The predicted octanol–water partition coefficient (Wildman–Crippen LogP) is 2.09. The van der Waals surface area contributed by atoms with Crippen LogP contribution in [-0.4, -0.2) is 38.0 Å². The molecule has 0 unspecified atom stereocenters. The summed E-state index contributed by atoms with van der Waals surface area (Å²) in [6, 6.07) is 4.06. The molecule has 0 saturated carbocycles. The van der Waals surface area contributed by atoms with Gasteiger partial charge in [-0.3, -0.25) is 4.79 Å². The van der Waals surface area contributed by atoms with E-state index in [-0.39, 0.29) is 16.8 Å². The fourth-order valence-corrected chi connectivity index (χ4v) is 3.26. The first-order valence-corrected chi connectivity index (χ1v) is 8.71. The van der Waals surface area contributed by atoms with Crippen molar-refractivity contribution in [2.24, 2.45) is 5.92 Å². The van der Waals surface area contributed by atoms with Crippen molar-refractivity contribution < 1.29 is 17.6 Å². The molecule has 1 fully saturated rings. The summed E-state index contributed by atoms with van der Waals surface area (Å²) < 4.78 is 37.4. The zero-order valence-electron chi connectivity index (χ0n) is 11.5. The SMILES string of the molecule is CS(=O)(=O)N1CCC(C(=O)Nc2ccc(Cl)c(F)c2)CC1.